The maximum Gasteiger partial charge on any atom is 0.154 e. The van der Waals surface area contributed by atoms with Crippen LogP contribution in [0.4, 0.5) is 0 Å². The van der Waals surface area contributed by atoms with Crippen LogP contribution in [0.5, 0.6) is 5.75 Å². The van der Waals surface area contributed by atoms with Gasteiger partial charge >= 0.3 is 0 Å². The highest BCUT2D eigenvalue weighted by atomic mass is 35.5. The van der Waals surface area contributed by atoms with Crippen molar-refractivity contribution in [2.24, 2.45) is 5.73 Å². The second-order valence-corrected chi connectivity index (χ2v) is 7.87. The summed E-state index contributed by atoms with van der Waals surface area (Å²) in [4.78, 5) is 0. The van der Waals surface area contributed by atoms with E-state index in [-0.39, 0.29) is 23.7 Å². The lowest BCUT2D eigenvalue weighted by Gasteiger charge is -2.18. The normalized spacial score (nSPS) is 22.6. The summed E-state index contributed by atoms with van der Waals surface area (Å²) < 4.78 is 28.8. The average Bonchev–Trinajstić information content (AvgIpc) is 2.72. The standard InChI is InChI=1S/C14H20ClNO3S/c1-2-10(16)8-12-13(15)4-3-5-14(12)19-11-6-7-20(17,18)9-11/h3-5,10-11H,2,6-9,16H2,1H3. The summed E-state index contributed by atoms with van der Waals surface area (Å²) in [6, 6.07) is 5.46. The molecule has 2 atom stereocenters. The molecule has 0 radical (unpaired) electrons. The van der Waals surface area contributed by atoms with Gasteiger partial charge in [-0.3, -0.25) is 0 Å². The van der Waals surface area contributed by atoms with Crippen molar-refractivity contribution in [3.8, 4) is 5.75 Å². The Morgan fingerprint density at radius 1 is 1.50 bits per heavy atom. The molecule has 0 amide bonds. The minimum Gasteiger partial charge on any atom is -0.489 e. The van der Waals surface area contributed by atoms with Gasteiger partial charge in [0.25, 0.3) is 0 Å². The second-order valence-electron chi connectivity index (χ2n) is 5.23. The zero-order valence-corrected chi connectivity index (χ0v) is 13.1. The van der Waals surface area contributed by atoms with Gasteiger partial charge in [0.2, 0.25) is 0 Å². The first-order valence-electron chi connectivity index (χ1n) is 6.81. The molecule has 0 spiro atoms. The van der Waals surface area contributed by atoms with Gasteiger partial charge in [-0.25, -0.2) is 8.42 Å². The molecule has 112 valence electrons. The highest BCUT2D eigenvalue weighted by Gasteiger charge is 2.30. The fourth-order valence-electron chi connectivity index (χ4n) is 2.29. The number of hydrogen-bond donors (Lipinski definition) is 1. The van der Waals surface area contributed by atoms with Crippen LogP contribution in [0, 0.1) is 0 Å². The van der Waals surface area contributed by atoms with E-state index < -0.39 is 9.84 Å². The van der Waals surface area contributed by atoms with Crippen LogP contribution in [0.3, 0.4) is 0 Å². The molecule has 0 aromatic heterocycles. The van der Waals surface area contributed by atoms with Crippen molar-refractivity contribution >= 4 is 21.4 Å². The zero-order chi connectivity index (χ0) is 14.8. The van der Waals surface area contributed by atoms with E-state index in [9.17, 15) is 8.42 Å². The van der Waals surface area contributed by atoms with Crippen LogP contribution in [0.1, 0.15) is 25.3 Å². The van der Waals surface area contributed by atoms with Crippen LogP contribution in [0.2, 0.25) is 5.02 Å². The summed E-state index contributed by atoms with van der Waals surface area (Å²) in [6.07, 6.45) is 1.73. The quantitative estimate of drug-likeness (QED) is 0.903. The molecular weight excluding hydrogens is 298 g/mol. The molecule has 4 nitrogen and oxygen atoms in total. The Bertz CT molecular complexity index is 574. The van der Waals surface area contributed by atoms with E-state index in [1.54, 1.807) is 6.07 Å². The summed E-state index contributed by atoms with van der Waals surface area (Å²) in [7, 11) is -2.95. The van der Waals surface area contributed by atoms with Crippen LogP contribution < -0.4 is 10.5 Å². The lowest BCUT2D eigenvalue weighted by Crippen LogP contribution is -2.23. The predicted octanol–water partition coefficient (Wildman–Crippen LogP) is 2.19. The number of rotatable bonds is 5. The Labute approximate surface area is 125 Å². The third kappa shape index (κ3) is 3.87. The SMILES string of the molecule is CCC(N)Cc1c(Cl)cccc1OC1CCS(=O)(=O)C1. The molecule has 1 heterocycles. The van der Waals surface area contributed by atoms with Gasteiger partial charge in [-0.2, -0.15) is 0 Å². The largest absolute Gasteiger partial charge is 0.489 e. The summed E-state index contributed by atoms with van der Waals surface area (Å²) in [5, 5.41) is 0.618. The molecule has 1 aliphatic heterocycles. The van der Waals surface area contributed by atoms with Crippen LogP contribution in [-0.4, -0.2) is 32.1 Å². The predicted molar refractivity (Wildman–Crippen MR) is 81.1 cm³/mol. The third-order valence-corrected chi connectivity index (χ3v) is 5.64. The number of halogens is 1. The average molecular weight is 318 g/mol. The Morgan fingerprint density at radius 2 is 2.25 bits per heavy atom. The van der Waals surface area contributed by atoms with Gasteiger partial charge in [0.1, 0.15) is 11.9 Å². The summed E-state index contributed by atoms with van der Waals surface area (Å²) in [5.41, 5.74) is 6.85. The van der Waals surface area contributed by atoms with Crippen molar-refractivity contribution in [2.75, 3.05) is 11.5 Å². The van der Waals surface area contributed by atoms with Gasteiger partial charge < -0.3 is 10.5 Å². The van der Waals surface area contributed by atoms with Gasteiger partial charge in [0.05, 0.1) is 11.5 Å². The molecule has 0 aliphatic carbocycles. The summed E-state index contributed by atoms with van der Waals surface area (Å²) >= 11 is 6.22. The summed E-state index contributed by atoms with van der Waals surface area (Å²) in [5.74, 6) is 0.935. The maximum absolute atomic E-state index is 11.5. The van der Waals surface area contributed by atoms with Crippen molar-refractivity contribution in [2.45, 2.75) is 38.3 Å². The lowest BCUT2D eigenvalue weighted by molar-refractivity contribution is 0.226. The molecule has 1 aromatic rings. The first-order valence-corrected chi connectivity index (χ1v) is 9.01. The fraction of sp³-hybridized carbons (Fsp3) is 0.571. The number of nitrogens with two attached hydrogens (primary N) is 1. The highest BCUT2D eigenvalue weighted by molar-refractivity contribution is 7.91. The van der Waals surface area contributed by atoms with Crippen molar-refractivity contribution in [3.05, 3.63) is 28.8 Å². The van der Waals surface area contributed by atoms with Gasteiger partial charge in [-0.05, 0) is 31.4 Å². The maximum atomic E-state index is 11.5. The molecule has 1 fully saturated rings. The minimum absolute atomic E-state index is 0.0181. The zero-order valence-electron chi connectivity index (χ0n) is 11.5. The Kier molecular flexibility index (Phi) is 4.94. The van der Waals surface area contributed by atoms with E-state index >= 15 is 0 Å². The molecule has 1 aromatic carbocycles. The third-order valence-electron chi connectivity index (χ3n) is 3.55. The lowest BCUT2D eigenvalue weighted by atomic mass is 10.0. The van der Waals surface area contributed by atoms with E-state index in [1.807, 2.05) is 19.1 Å². The van der Waals surface area contributed by atoms with E-state index in [2.05, 4.69) is 0 Å². The number of benzene rings is 1. The topological polar surface area (TPSA) is 69.4 Å². The molecular formula is C14H20ClNO3S. The second kappa shape index (κ2) is 6.33. The van der Waals surface area contributed by atoms with Crippen LogP contribution in [0.15, 0.2) is 18.2 Å². The van der Waals surface area contributed by atoms with Crippen LogP contribution in [0.25, 0.3) is 0 Å². The van der Waals surface area contributed by atoms with Crippen molar-refractivity contribution in [1.29, 1.82) is 0 Å². The number of ether oxygens (including phenoxy) is 1. The van der Waals surface area contributed by atoms with Gasteiger partial charge in [-0.15, -0.1) is 0 Å². The Balaban J connectivity index is 2.17. The van der Waals surface area contributed by atoms with E-state index in [4.69, 9.17) is 22.1 Å². The van der Waals surface area contributed by atoms with E-state index in [0.717, 1.165) is 12.0 Å². The Hall–Kier alpha value is -0.780. The van der Waals surface area contributed by atoms with E-state index in [0.29, 0.717) is 23.6 Å². The van der Waals surface area contributed by atoms with Crippen molar-refractivity contribution in [1.82, 2.24) is 0 Å². The molecule has 1 saturated heterocycles. The van der Waals surface area contributed by atoms with Crippen LogP contribution >= 0.6 is 11.6 Å². The molecule has 1 aliphatic rings. The molecule has 0 saturated carbocycles. The van der Waals surface area contributed by atoms with Gasteiger partial charge in [0.15, 0.2) is 9.84 Å². The van der Waals surface area contributed by atoms with E-state index in [1.165, 1.54) is 0 Å². The number of sulfone groups is 1. The summed E-state index contributed by atoms with van der Waals surface area (Å²) in [6.45, 7) is 2.02. The molecule has 20 heavy (non-hydrogen) atoms. The molecule has 6 heteroatoms. The molecule has 2 N–H and O–H groups in total. The number of hydrogen-bond acceptors (Lipinski definition) is 4. The fourth-order valence-corrected chi connectivity index (χ4v) is 4.12. The Morgan fingerprint density at radius 3 is 2.85 bits per heavy atom. The van der Waals surface area contributed by atoms with Crippen LogP contribution in [-0.2, 0) is 16.3 Å². The minimum atomic E-state index is -2.95. The first kappa shape index (κ1) is 15.6. The molecule has 2 unspecified atom stereocenters. The van der Waals surface area contributed by atoms with Crippen molar-refractivity contribution in [3.63, 3.8) is 0 Å². The highest BCUT2D eigenvalue weighted by Crippen LogP contribution is 2.30. The van der Waals surface area contributed by atoms with Gasteiger partial charge in [-0.1, -0.05) is 24.6 Å². The molecule has 2 rings (SSSR count). The van der Waals surface area contributed by atoms with Crippen molar-refractivity contribution < 1.29 is 13.2 Å². The molecule has 0 bridgehead atoms. The smallest absolute Gasteiger partial charge is 0.154 e. The monoisotopic (exact) mass is 317 g/mol. The first-order chi connectivity index (χ1) is 9.41. The van der Waals surface area contributed by atoms with Gasteiger partial charge in [0, 0.05) is 16.6 Å².